The Bertz CT molecular complexity index is 1410. The third-order valence-corrected chi connectivity index (χ3v) is 5.94. The second kappa shape index (κ2) is 8.13. The highest BCUT2D eigenvalue weighted by Crippen LogP contribution is 2.29. The number of halogens is 1. The quantitative estimate of drug-likeness (QED) is 0.457. The molecule has 0 aliphatic carbocycles. The van der Waals surface area contributed by atoms with Crippen LogP contribution in [0.4, 0.5) is 4.39 Å². The Morgan fingerprint density at radius 2 is 1.84 bits per heavy atom. The van der Waals surface area contributed by atoms with Gasteiger partial charge >= 0.3 is 5.97 Å². The van der Waals surface area contributed by atoms with E-state index in [2.05, 4.69) is 5.32 Å². The molecule has 31 heavy (non-hydrogen) atoms. The molecule has 0 radical (unpaired) electrons. The van der Waals surface area contributed by atoms with Gasteiger partial charge in [0.1, 0.15) is 11.5 Å². The molecule has 1 aromatic heterocycles. The summed E-state index contributed by atoms with van der Waals surface area (Å²) in [5.74, 6) is -1.73. The van der Waals surface area contributed by atoms with E-state index in [4.69, 9.17) is 0 Å². The van der Waals surface area contributed by atoms with Gasteiger partial charge in [-0.1, -0.05) is 42.5 Å². The summed E-state index contributed by atoms with van der Waals surface area (Å²) in [6.45, 7) is 0.321. The summed E-state index contributed by atoms with van der Waals surface area (Å²) < 4.78 is 38.6. The van der Waals surface area contributed by atoms with E-state index in [1.54, 1.807) is 10.6 Å². The van der Waals surface area contributed by atoms with Crippen molar-refractivity contribution in [3.05, 3.63) is 83.3 Å². The first-order valence-corrected chi connectivity index (χ1v) is 11.7. The fourth-order valence-electron chi connectivity index (χ4n) is 3.94. The van der Waals surface area contributed by atoms with Crippen molar-refractivity contribution in [3.8, 4) is 0 Å². The first kappa shape index (κ1) is 21.0. The standard InChI is InChI=1S/C23H21FN2O4S/c1-31(29,30)14-25-12-20-18-7-2-3-8-21(18)26(22(20)23(27)28)13-16-6-4-5-15-9-10-17(24)11-19(15)16/h2-11,25H,12-14H2,1H3,(H,27,28). The molecule has 0 saturated carbocycles. The molecule has 0 unspecified atom stereocenters. The van der Waals surface area contributed by atoms with E-state index in [9.17, 15) is 22.7 Å². The molecule has 4 aromatic rings. The Labute approximate surface area is 178 Å². The van der Waals surface area contributed by atoms with E-state index in [0.717, 1.165) is 22.6 Å². The molecule has 1 heterocycles. The second-order valence-corrected chi connectivity index (χ2v) is 9.66. The Hall–Kier alpha value is -3.23. The average molecular weight is 440 g/mol. The van der Waals surface area contributed by atoms with Crippen molar-refractivity contribution < 1.29 is 22.7 Å². The second-order valence-electron chi connectivity index (χ2n) is 7.52. The fourth-order valence-corrected chi connectivity index (χ4v) is 4.41. The van der Waals surface area contributed by atoms with Crippen LogP contribution in [-0.4, -0.2) is 36.2 Å². The number of fused-ring (bicyclic) bond motifs is 2. The minimum Gasteiger partial charge on any atom is -0.477 e. The minimum atomic E-state index is -3.25. The van der Waals surface area contributed by atoms with Gasteiger partial charge < -0.3 is 9.67 Å². The maximum Gasteiger partial charge on any atom is 0.352 e. The lowest BCUT2D eigenvalue weighted by Gasteiger charge is -2.12. The monoisotopic (exact) mass is 440 g/mol. The van der Waals surface area contributed by atoms with E-state index in [0.29, 0.717) is 16.5 Å². The van der Waals surface area contributed by atoms with Crippen molar-refractivity contribution in [2.24, 2.45) is 0 Å². The summed E-state index contributed by atoms with van der Waals surface area (Å²) in [6, 6.07) is 17.4. The summed E-state index contributed by atoms with van der Waals surface area (Å²) >= 11 is 0. The first-order valence-electron chi connectivity index (χ1n) is 9.63. The number of carboxylic acids is 1. The van der Waals surface area contributed by atoms with Crippen molar-refractivity contribution in [1.29, 1.82) is 0 Å². The molecule has 0 aliphatic rings. The highest BCUT2D eigenvalue weighted by molar-refractivity contribution is 7.90. The fraction of sp³-hybridized carbons (Fsp3) is 0.174. The maximum absolute atomic E-state index is 13.9. The third-order valence-electron chi connectivity index (χ3n) is 5.21. The molecule has 0 amide bonds. The lowest BCUT2D eigenvalue weighted by atomic mass is 10.0. The van der Waals surface area contributed by atoms with E-state index in [1.165, 1.54) is 12.1 Å². The molecule has 0 atom stereocenters. The molecule has 0 bridgehead atoms. The zero-order valence-corrected chi connectivity index (χ0v) is 17.6. The molecule has 0 saturated heterocycles. The third kappa shape index (κ3) is 4.30. The summed E-state index contributed by atoms with van der Waals surface area (Å²) in [4.78, 5) is 12.3. The number of carboxylic acid groups (broad SMARTS) is 1. The number of benzene rings is 3. The van der Waals surface area contributed by atoms with Gasteiger partial charge in [-0.3, -0.25) is 5.32 Å². The van der Waals surface area contributed by atoms with Gasteiger partial charge in [0.05, 0.1) is 5.88 Å². The summed E-state index contributed by atoms with van der Waals surface area (Å²) in [5, 5.41) is 15.2. The zero-order chi connectivity index (χ0) is 22.2. The molecule has 160 valence electrons. The van der Waals surface area contributed by atoms with Gasteiger partial charge in [-0.05, 0) is 34.5 Å². The van der Waals surface area contributed by atoms with Crippen molar-refractivity contribution in [1.82, 2.24) is 9.88 Å². The number of nitrogens with one attached hydrogen (secondary N) is 1. The summed E-state index contributed by atoms with van der Waals surface area (Å²) in [6.07, 6.45) is 1.11. The van der Waals surface area contributed by atoms with Gasteiger partial charge in [-0.2, -0.15) is 0 Å². The number of nitrogens with zero attached hydrogens (tertiary/aromatic N) is 1. The SMILES string of the molecule is CS(=O)(=O)CNCc1c(C(=O)O)n(Cc2cccc3ccc(F)cc23)c2ccccc12. The minimum absolute atomic E-state index is 0.0793. The molecule has 0 spiro atoms. The average Bonchev–Trinajstić information content (AvgIpc) is 3.01. The van der Waals surface area contributed by atoms with Crippen LogP contribution in [0.1, 0.15) is 21.6 Å². The normalized spacial score (nSPS) is 11.9. The lowest BCUT2D eigenvalue weighted by molar-refractivity contribution is 0.0685. The van der Waals surface area contributed by atoms with E-state index >= 15 is 0 Å². The van der Waals surface area contributed by atoms with Gasteiger partial charge in [0.15, 0.2) is 9.84 Å². The molecular formula is C23H21FN2O4S. The number of rotatable bonds is 7. The van der Waals surface area contributed by atoms with Crippen LogP contribution in [0.15, 0.2) is 60.7 Å². The molecule has 3 aromatic carbocycles. The van der Waals surface area contributed by atoms with E-state index < -0.39 is 15.8 Å². The molecular weight excluding hydrogens is 419 g/mol. The lowest BCUT2D eigenvalue weighted by Crippen LogP contribution is -2.23. The number of hydrogen-bond acceptors (Lipinski definition) is 4. The number of hydrogen-bond donors (Lipinski definition) is 2. The maximum atomic E-state index is 13.9. The number of aromatic carboxylic acids is 1. The first-order chi connectivity index (χ1) is 14.7. The van der Waals surface area contributed by atoms with Gasteiger partial charge in [0, 0.05) is 35.8 Å². The van der Waals surface area contributed by atoms with E-state index in [-0.39, 0.29) is 30.5 Å². The van der Waals surface area contributed by atoms with Gasteiger partial charge in [0.25, 0.3) is 0 Å². The smallest absolute Gasteiger partial charge is 0.352 e. The topological polar surface area (TPSA) is 88.4 Å². The summed E-state index contributed by atoms with van der Waals surface area (Å²) in [7, 11) is -3.25. The molecule has 0 fully saturated rings. The van der Waals surface area contributed by atoms with Crippen molar-refractivity contribution in [2.45, 2.75) is 13.1 Å². The van der Waals surface area contributed by atoms with Crippen LogP contribution < -0.4 is 5.32 Å². The Kier molecular flexibility index (Phi) is 5.51. The van der Waals surface area contributed by atoms with Crippen molar-refractivity contribution in [2.75, 3.05) is 12.1 Å². The molecule has 6 nitrogen and oxygen atoms in total. The number of para-hydroxylation sites is 1. The van der Waals surface area contributed by atoms with Crippen LogP contribution in [0.3, 0.4) is 0 Å². The van der Waals surface area contributed by atoms with E-state index in [1.807, 2.05) is 42.5 Å². The van der Waals surface area contributed by atoms with Crippen LogP contribution >= 0.6 is 0 Å². The molecule has 0 aliphatic heterocycles. The van der Waals surface area contributed by atoms with Crippen LogP contribution in [0.5, 0.6) is 0 Å². The Morgan fingerprint density at radius 1 is 1.06 bits per heavy atom. The van der Waals surface area contributed by atoms with Crippen LogP contribution in [0.25, 0.3) is 21.7 Å². The Balaban J connectivity index is 1.86. The molecule has 8 heteroatoms. The van der Waals surface area contributed by atoms with Crippen LogP contribution in [0, 0.1) is 5.82 Å². The Morgan fingerprint density at radius 3 is 2.58 bits per heavy atom. The highest BCUT2D eigenvalue weighted by atomic mass is 32.2. The predicted octanol–water partition coefficient (Wildman–Crippen LogP) is 3.77. The van der Waals surface area contributed by atoms with Crippen LogP contribution in [-0.2, 0) is 22.9 Å². The largest absolute Gasteiger partial charge is 0.477 e. The highest BCUT2D eigenvalue weighted by Gasteiger charge is 2.22. The molecule has 2 N–H and O–H groups in total. The van der Waals surface area contributed by atoms with Gasteiger partial charge in [-0.15, -0.1) is 0 Å². The summed E-state index contributed by atoms with van der Waals surface area (Å²) in [5.41, 5.74) is 2.09. The van der Waals surface area contributed by atoms with Crippen molar-refractivity contribution >= 4 is 37.5 Å². The zero-order valence-electron chi connectivity index (χ0n) is 16.8. The van der Waals surface area contributed by atoms with Crippen LogP contribution in [0.2, 0.25) is 0 Å². The molecule has 4 rings (SSSR count). The van der Waals surface area contributed by atoms with Gasteiger partial charge in [0.2, 0.25) is 0 Å². The number of aromatic nitrogens is 1. The van der Waals surface area contributed by atoms with Gasteiger partial charge in [-0.25, -0.2) is 17.6 Å². The van der Waals surface area contributed by atoms with Crippen molar-refractivity contribution in [3.63, 3.8) is 0 Å². The number of sulfone groups is 1. The number of carbonyl (C=O) groups is 1. The predicted molar refractivity (Wildman–Crippen MR) is 118 cm³/mol.